The first-order valence-electron chi connectivity index (χ1n) is 8.16. The molecule has 0 bridgehead atoms. The number of anilines is 3. The molecule has 0 saturated carbocycles. The summed E-state index contributed by atoms with van der Waals surface area (Å²) >= 11 is 0. The number of rotatable bonds is 5. The molecule has 7 heteroatoms. The van der Waals surface area contributed by atoms with E-state index in [4.69, 9.17) is 0 Å². The van der Waals surface area contributed by atoms with Crippen LogP contribution in [-0.2, 0) is 4.79 Å². The standard InChI is InChI=1S/C17H22N6O/c1-13(2)14-3-5-15(6-4-14)19-17-20-16(11-18-21-17)23-9-7-22(12-24)8-10-23/h3-6,11-13H,7-10H2,1-2H3,(H,19,20,21). The lowest BCUT2D eigenvalue weighted by molar-refractivity contribution is -0.118. The van der Waals surface area contributed by atoms with Crippen molar-refractivity contribution < 1.29 is 4.79 Å². The first-order valence-corrected chi connectivity index (χ1v) is 8.16. The molecule has 2 aromatic rings. The first-order chi connectivity index (χ1) is 11.7. The average Bonchev–Trinajstić information content (AvgIpc) is 2.62. The number of nitrogens with zero attached hydrogens (tertiary/aromatic N) is 5. The lowest BCUT2D eigenvalue weighted by Gasteiger charge is -2.33. The number of aromatic nitrogens is 3. The molecule has 1 aromatic heterocycles. The highest BCUT2D eigenvalue weighted by molar-refractivity contribution is 5.55. The molecule has 1 aromatic carbocycles. The van der Waals surface area contributed by atoms with Gasteiger partial charge in [0.2, 0.25) is 12.4 Å². The van der Waals surface area contributed by atoms with E-state index in [1.165, 1.54) is 5.56 Å². The second-order valence-electron chi connectivity index (χ2n) is 6.17. The number of piperazine rings is 1. The molecular weight excluding hydrogens is 304 g/mol. The third kappa shape index (κ3) is 3.79. The molecule has 24 heavy (non-hydrogen) atoms. The molecule has 0 atom stereocenters. The topological polar surface area (TPSA) is 74.2 Å². The quantitative estimate of drug-likeness (QED) is 0.847. The largest absolute Gasteiger partial charge is 0.352 e. The molecule has 0 aliphatic carbocycles. The van der Waals surface area contributed by atoms with Gasteiger partial charge in [-0.05, 0) is 23.6 Å². The summed E-state index contributed by atoms with van der Waals surface area (Å²) in [5.74, 6) is 1.75. The number of carbonyl (C=O) groups excluding carboxylic acids is 1. The van der Waals surface area contributed by atoms with E-state index in [1.54, 1.807) is 11.1 Å². The Hall–Kier alpha value is -2.70. The molecule has 1 fully saturated rings. The summed E-state index contributed by atoms with van der Waals surface area (Å²) in [6, 6.07) is 8.24. The van der Waals surface area contributed by atoms with E-state index in [0.29, 0.717) is 25.0 Å². The van der Waals surface area contributed by atoms with Gasteiger partial charge in [-0.2, -0.15) is 10.1 Å². The second-order valence-corrected chi connectivity index (χ2v) is 6.17. The SMILES string of the molecule is CC(C)c1ccc(Nc2nncc(N3CCN(C=O)CC3)n2)cc1. The Morgan fingerprint density at radius 2 is 1.83 bits per heavy atom. The number of hydrogen-bond donors (Lipinski definition) is 1. The number of nitrogens with one attached hydrogen (secondary N) is 1. The molecule has 1 aliphatic heterocycles. The Balaban J connectivity index is 1.68. The van der Waals surface area contributed by atoms with Crippen molar-refractivity contribution in [2.45, 2.75) is 19.8 Å². The zero-order valence-corrected chi connectivity index (χ0v) is 14.0. The van der Waals surface area contributed by atoms with Gasteiger partial charge in [-0.15, -0.1) is 5.10 Å². The van der Waals surface area contributed by atoms with E-state index in [2.05, 4.69) is 51.4 Å². The Morgan fingerprint density at radius 3 is 2.46 bits per heavy atom. The minimum absolute atomic E-state index is 0.475. The van der Waals surface area contributed by atoms with Gasteiger partial charge in [0.05, 0.1) is 6.20 Å². The fraction of sp³-hybridized carbons (Fsp3) is 0.412. The molecule has 126 valence electrons. The number of carbonyl (C=O) groups is 1. The van der Waals surface area contributed by atoms with Crippen LogP contribution in [0, 0.1) is 0 Å². The maximum absolute atomic E-state index is 10.8. The summed E-state index contributed by atoms with van der Waals surface area (Å²) in [5.41, 5.74) is 2.23. The van der Waals surface area contributed by atoms with Crippen molar-refractivity contribution in [3.8, 4) is 0 Å². The second kappa shape index (κ2) is 7.25. The zero-order valence-electron chi connectivity index (χ0n) is 14.0. The highest BCUT2D eigenvalue weighted by atomic mass is 16.1. The van der Waals surface area contributed by atoms with Crippen LogP contribution in [0.4, 0.5) is 17.5 Å². The van der Waals surface area contributed by atoms with Crippen molar-refractivity contribution in [2.75, 3.05) is 36.4 Å². The van der Waals surface area contributed by atoms with Crippen molar-refractivity contribution in [3.63, 3.8) is 0 Å². The molecule has 3 rings (SSSR count). The third-order valence-corrected chi connectivity index (χ3v) is 4.17. The molecule has 1 aliphatic rings. The van der Waals surface area contributed by atoms with Crippen molar-refractivity contribution in [3.05, 3.63) is 36.0 Å². The Morgan fingerprint density at radius 1 is 1.12 bits per heavy atom. The molecule has 1 saturated heterocycles. The smallest absolute Gasteiger partial charge is 0.249 e. The van der Waals surface area contributed by atoms with Gasteiger partial charge in [0.25, 0.3) is 0 Å². The highest BCUT2D eigenvalue weighted by Crippen LogP contribution is 2.20. The van der Waals surface area contributed by atoms with Crippen molar-refractivity contribution in [1.29, 1.82) is 0 Å². The van der Waals surface area contributed by atoms with E-state index in [1.807, 2.05) is 12.1 Å². The Labute approximate surface area is 141 Å². The van der Waals surface area contributed by atoms with Gasteiger partial charge in [-0.25, -0.2) is 0 Å². The fourth-order valence-corrected chi connectivity index (χ4v) is 2.64. The van der Waals surface area contributed by atoms with Gasteiger partial charge >= 0.3 is 0 Å². The van der Waals surface area contributed by atoms with Gasteiger partial charge in [-0.1, -0.05) is 26.0 Å². The van der Waals surface area contributed by atoms with E-state index in [9.17, 15) is 4.79 Å². The molecule has 1 amide bonds. The summed E-state index contributed by atoms with van der Waals surface area (Å²) in [4.78, 5) is 19.2. The normalized spacial score (nSPS) is 14.8. The van der Waals surface area contributed by atoms with E-state index < -0.39 is 0 Å². The van der Waals surface area contributed by atoms with Crippen molar-refractivity contribution in [2.24, 2.45) is 0 Å². The number of amides is 1. The lowest BCUT2D eigenvalue weighted by atomic mass is 10.0. The molecule has 0 spiro atoms. The van der Waals surface area contributed by atoms with Crippen LogP contribution in [0.3, 0.4) is 0 Å². The molecular formula is C17H22N6O. The molecule has 7 nitrogen and oxygen atoms in total. The van der Waals surface area contributed by atoms with Crippen LogP contribution in [0.2, 0.25) is 0 Å². The lowest BCUT2D eigenvalue weighted by Crippen LogP contribution is -2.46. The zero-order chi connectivity index (χ0) is 16.9. The monoisotopic (exact) mass is 326 g/mol. The summed E-state index contributed by atoms with van der Waals surface area (Å²) in [7, 11) is 0. The van der Waals surface area contributed by atoms with Gasteiger partial charge in [-0.3, -0.25) is 4.79 Å². The number of hydrogen-bond acceptors (Lipinski definition) is 6. The summed E-state index contributed by atoms with van der Waals surface area (Å²) in [6.45, 7) is 7.24. The summed E-state index contributed by atoms with van der Waals surface area (Å²) in [6.07, 6.45) is 2.55. The van der Waals surface area contributed by atoms with Crippen LogP contribution in [0.1, 0.15) is 25.3 Å². The van der Waals surface area contributed by atoms with Crippen molar-refractivity contribution in [1.82, 2.24) is 20.1 Å². The van der Waals surface area contributed by atoms with Gasteiger partial charge < -0.3 is 15.1 Å². The maximum atomic E-state index is 10.8. The fourth-order valence-electron chi connectivity index (χ4n) is 2.64. The van der Waals surface area contributed by atoms with Gasteiger partial charge in [0, 0.05) is 31.9 Å². The third-order valence-electron chi connectivity index (χ3n) is 4.17. The van der Waals surface area contributed by atoms with Crippen LogP contribution in [-0.4, -0.2) is 52.7 Å². The minimum Gasteiger partial charge on any atom is -0.352 e. The average molecular weight is 326 g/mol. The predicted molar refractivity (Wildman–Crippen MR) is 93.5 cm³/mol. The van der Waals surface area contributed by atoms with Gasteiger partial charge in [0.1, 0.15) is 0 Å². The number of benzene rings is 1. The minimum atomic E-state index is 0.475. The van der Waals surface area contributed by atoms with Crippen LogP contribution in [0.15, 0.2) is 30.5 Å². The summed E-state index contributed by atoms with van der Waals surface area (Å²) in [5, 5.41) is 11.3. The molecule has 0 radical (unpaired) electrons. The maximum Gasteiger partial charge on any atom is 0.249 e. The molecule has 2 heterocycles. The van der Waals surface area contributed by atoms with Crippen LogP contribution >= 0.6 is 0 Å². The van der Waals surface area contributed by atoms with Crippen molar-refractivity contribution >= 4 is 23.9 Å². The van der Waals surface area contributed by atoms with Crippen LogP contribution in [0.25, 0.3) is 0 Å². The predicted octanol–water partition coefficient (Wildman–Crippen LogP) is 2.02. The Kier molecular flexibility index (Phi) is 4.88. The molecule has 0 unspecified atom stereocenters. The highest BCUT2D eigenvalue weighted by Gasteiger charge is 2.17. The van der Waals surface area contributed by atoms with Crippen LogP contribution < -0.4 is 10.2 Å². The van der Waals surface area contributed by atoms with Gasteiger partial charge in [0.15, 0.2) is 5.82 Å². The van der Waals surface area contributed by atoms with E-state index >= 15 is 0 Å². The summed E-state index contributed by atoms with van der Waals surface area (Å²) < 4.78 is 0. The first kappa shape index (κ1) is 16.2. The van der Waals surface area contributed by atoms with Crippen LogP contribution in [0.5, 0.6) is 0 Å². The van der Waals surface area contributed by atoms with E-state index in [-0.39, 0.29) is 0 Å². The Bertz CT molecular complexity index is 680. The molecule has 1 N–H and O–H groups in total. The van der Waals surface area contributed by atoms with E-state index in [0.717, 1.165) is 31.0 Å².